The molecule has 2 amide bonds. The first-order valence-corrected chi connectivity index (χ1v) is 8.29. The van der Waals surface area contributed by atoms with E-state index < -0.39 is 5.91 Å². The maximum Gasteiger partial charge on any atom is 0.277 e. The van der Waals surface area contributed by atoms with Crippen LogP contribution in [0.5, 0.6) is 5.75 Å². The summed E-state index contributed by atoms with van der Waals surface area (Å²) in [5.41, 5.74) is 1.53. The largest absolute Gasteiger partial charge is 0.484 e. The van der Waals surface area contributed by atoms with Crippen LogP contribution in [0.3, 0.4) is 0 Å². The van der Waals surface area contributed by atoms with Gasteiger partial charge in [-0.15, -0.1) is 0 Å². The maximum atomic E-state index is 12.4. The Bertz CT molecular complexity index is 935. The zero-order valence-electron chi connectivity index (χ0n) is 15.0. The monoisotopic (exact) mass is 365 g/mol. The van der Waals surface area contributed by atoms with Crippen molar-refractivity contribution in [2.24, 2.45) is 0 Å². The number of hydrogen-bond acceptors (Lipinski definition) is 5. The summed E-state index contributed by atoms with van der Waals surface area (Å²) in [6, 6.07) is 17.8. The van der Waals surface area contributed by atoms with E-state index in [4.69, 9.17) is 9.26 Å². The van der Waals surface area contributed by atoms with Gasteiger partial charge in [0.1, 0.15) is 5.75 Å². The molecule has 2 aromatic carbocycles. The van der Waals surface area contributed by atoms with Gasteiger partial charge in [-0.3, -0.25) is 9.59 Å². The van der Waals surface area contributed by atoms with E-state index in [0.717, 1.165) is 5.56 Å². The van der Waals surface area contributed by atoms with Gasteiger partial charge in [0.05, 0.1) is 0 Å². The van der Waals surface area contributed by atoms with Gasteiger partial charge in [0.15, 0.2) is 18.1 Å². The summed E-state index contributed by atoms with van der Waals surface area (Å²) in [5.74, 6) is 0.441. The summed E-state index contributed by atoms with van der Waals surface area (Å²) in [6.07, 6.45) is 0. The SMILES string of the molecule is CN(C)C(=O)COc1cccc(NC(=O)c2cc(-c3ccccc3)on2)c1. The number of likely N-dealkylation sites (N-methyl/N-ethyl adjacent to an activating group) is 1. The Labute approximate surface area is 156 Å². The van der Waals surface area contributed by atoms with Crippen LogP contribution >= 0.6 is 0 Å². The minimum atomic E-state index is -0.401. The van der Waals surface area contributed by atoms with Crippen molar-refractivity contribution in [2.75, 3.05) is 26.0 Å². The van der Waals surface area contributed by atoms with Gasteiger partial charge in [0, 0.05) is 37.5 Å². The van der Waals surface area contributed by atoms with Crippen molar-refractivity contribution in [1.82, 2.24) is 10.1 Å². The van der Waals surface area contributed by atoms with Crippen molar-refractivity contribution in [3.63, 3.8) is 0 Å². The van der Waals surface area contributed by atoms with Gasteiger partial charge in [-0.25, -0.2) is 0 Å². The molecular formula is C20H19N3O4. The minimum absolute atomic E-state index is 0.0753. The van der Waals surface area contributed by atoms with Gasteiger partial charge in [-0.2, -0.15) is 0 Å². The number of amides is 2. The number of carbonyl (C=O) groups is 2. The highest BCUT2D eigenvalue weighted by molar-refractivity contribution is 6.03. The average Bonchev–Trinajstić information content (AvgIpc) is 3.17. The van der Waals surface area contributed by atoms with Gasteiger partial charge in [-0.1, -0.05) is 41.6 Å². The summed E-state index contributed by atoms with van der Waals surface area (Å²) in [4.78, 5) is 25.4. The highest BCUT2D eigenvalue weighted by Gasteiger charge is 2.14. The fourth-order valence-electron chi connectivity index (χ4n) is 2.25. The zero-order valence-corrected chi connectivity index (χ0v) is 15.0. The fraction of sp³-hybridized carbons (Fsp3) is 0.150. The van der Waals surface area contributed by atoms with Crippen molar-refractivity contribution in [2.45, 2.75) is 0 Å². The number of benzene rings is 2. The van der Waals surface area contributed by atoms with Crippen LogP contribution in [0.25, 0.3) is 11.3 Å². The van der Waals surface area contributed by atoms with Crippen molar-refractivity contribution in [1.29, 1.82) is 0 Å². The Balaban J connectivity index is 1.65. The van der Waals surface area contributed by atoms with Crippen LogP contribution in [0.1, 0.15) is 10.5 Å². The number of hydrogen-bond donors (Lipinski definition) is 1. The van der Waals surface area contributed by atoms with Crippen LogP contribution in [0, 0.1) is 0 Å². The molecule has 0 unspecified atom stereocenters. The Kier molecular flexibility index (Phi) is 5.51. The van der Waals surface area contributed by atoms with E-state index in [1.165, 1.54) is 4.90 Å². The lowest BCUT2D eigenvalue weighted by Gasteiger charge is -2.12. The maximum absolute atomic E-state index is 12.4. The van der Waals surface area contributed by atoms with E-state index in [2.05, 4.69) is 10.5 Å². The molecule has 1 N–H and O–H groups in total. The van der Waals surface area contributed by atoms with Crippen LogP contribution in [0.4, 0.5) is 5.69 Å². The molecule has 27 heavy (non-hydrogen) atoms. The first-order valence-electron chi connectivity index (χ1n) is 8.29. The van der Waals surface area contributed by atoms with Gasteiger partial charge in [0.25, 0.3) is 11.8 Å². The fourth-order valence-corrected chi connectivity index (χ4v) is 2.25. The summed E-state index contributed by atoms with van der Waals surface area (Å²) in [7, 11) is 3.31. The summed E-state index contributed by atoms with van der Waals surface area (Å²) in [6.45, 7) is -0.0753. The standard InChI is InChI=1S/C20H19N3O4/c1-23(2)19(24)13-26-16-10-6-9-15(11-16)21-20(25)17-12-18(27-22-17)14-7-4-3-5-8-14/h3-12H,13H2,1-2H3,(H,21,25). The van der Waals surface area contributed by atoms with Crippen molar-refractivity contribution >= 4 is 17.5 Å². The third kappa shape index (κ3) is 4.72. The van der Waals surface area contributed by atoms with E-state index in [-0.39, 0.29) is 18.2 Å². The topological polar surface area (TPSA) is 84.7 Å². The highest BCUT2D eigenvalue weighted by atomic mass is 16.5. The molecule has 1 aromatic heterocycles. The third-order valence-corrected chi connectivity index (χ3v) is 3.75. The average molecular weight is 365 g/mol. The molecule has 0 atom stereocenters. The molecule has 0 saturated heterocycles. The Morgan fingerprint density at radius 3 is 2.59 bits per heavy atom. The number of anilines is 1. The lowest BCUT2D eigenvalue weighted by molar-refractivity contribution is -0.130. The number of nitrogens with one attached hydrogen (secondary N) is 1. The second kappa shape index (κ2) is 8.18. The zero-order chi connectivity index (χ0) is 19.2. The second-order valence-corrected chi connectivity index (χ2v) is 6.00. The molecule has 0 saturated carbocycles. The van der Waals surface area contributed by atoms with Crippen molar-refractivity contribution in [3.8, 4) is 17.1 Å². The molecule has 138 valence electrons. The van der Waals surface area contributed by atoms with Gasteiger partial charge >= 0.3 is 0 Å². The van der Waals surface area contributed by atoms with E-state index in [9.17, 15) is 9.59 Å². The molecule has 0 spiro atoms. The molecule has 7 nitrogen and oxygen atoms in total. The molecule has 0 aliphatic carbocycles. The Hall–Kier alpha value is -3.61. The number of rotatable bonds is 6. The smallest absolute Gasteiger partial charge is 0.277 e. The molecule has 0 aliphatic heterocycles. The van der Waals surface area contributed by atoms with Crippen molar-refractivity contribution in [3.05, 3.63) is 66.4 Å². The van der Waals surface area contributed by atoms with E-state index >= 15 is 0 Å². The van der Waals surface area contributed by atoms with E-state index in [1.807, 2.05) is 30.3 Å². The molecule has 3 rings (SSSR count). The van der Waals surface area contributed by atoms with Gasteiger partial charge < -0.3 is 19.5 Å². The molecule has 3 aromatic rings. The summed E-state index contributed by atoms with van der Waals surface area (Å²) >= 11 is 0. The normalized spacial score (nSPS) is 10.3. The number of nitrogens with zero attached hydrogens (tertiary/aromatic N) is 2. The summed E-state index contributed by atoms with van der Waals surface area (Å²) in [5, 5.41) is 6.56. The van der Waals surface area contributed by atoms with Crippen LogP contribution in [-0.4, -0.2) is 42.6 Å². The van der Waals surface area contributed by atoms with E-state index in [0.29, 0.717) is 17.2 Å². The summed E-state index contributed by atoms with van der Waals surface area (Å²) < 4.78 is 10.7. The molecule has 0 fully saturated rings. The predicted octanol–water partition coefficient (Wildman–Crippen LogP) is 3.06. The molecule has 0 bridgehead atoms. The quantitative estimate of drug-likeness (QED) is 0.726. The molecular weight excluding hydrogens is 346 g/mol. The molecule has 0 aliphatic rings. The number of aromatic nitrogens is 1. The van der Waals surface area contributed by atoms with Gasteiger partial charge in [0.2, 0.25) is 0 Å². The number of ether oxygens (including phenoxy) is 1. The Morgan fingerprint density at radius 1 is 1.07 bits per heavy atom. The lowest BCUT2D eigenvalue weighted by atomic mass is 10.1. The highest BCUT2D eigenvalue weighted by Crippen LogP contribution is 2.21. The van der Waals surface area contributed by atoms with Crippen molar-refractivity contribution < 1.29 is 18.8 Å². The van der Waals surface area contributed by atoms with Crippen LogP contribution < -0.4 is 10.1 Å². The Morgan fingerprint density at radius 2 is 1.85 bits per heavy atom. The first kappa shape index (κ1) is 18.2. The van der Waals surface area contributed by atoms with Crippen LogP contribution in [0.2, 0.25) is 0 Å². The predicted molar refractivity (Wildman–Crippen MR) is 101 cm³/mol. The van der Waals surface area contributed by atoms with Gasteiger partial charge in [-0.05, 0) is 12.1 Å². The van der Waals surface area contributed by atoms with Crippen LogP contribution in [-0.2, 0) is 4.79 Å². The molecule has 1 heterocycles. The molecule has 0 radical (unpaired) electrons. The molecule has 7 heteroatoms. The minimum Gasteiger partial charge on any atom is -0.484 e. The number of carbonyl (C=O) groups excluding carboxylic acids is 2. The third-order valence-electron chi connectivity index (χ3n) is 3.75. The lowest BCUT2D eigenvalue weighted by Crippen LogP contribution is -2.27. The van der Waals surface area contributed by atoms with Crippen LogP contribution in [0.15, 0.2) is 65.2 Å². The first-order chi connectivity index (χ1) is 13.0. The second-order valence-electron chi connectivity index (χ2n) is 6.00. The van der Waals surface area contributed by atoms with E-state index in [1.54, 1.807) is 44.4 Å².